The minimum absolute atomic E-state index is 0.655. The Morgan fingerprint density at radius 1 is 0.667 bits per heavy atom. The minimum atomic E-state index is 0.655. The lowest BCUT2D eigenvalue weighted by molar-refractivity contribution is 0.106. The van der Waals surface area contributed by atoms with E-state index in [1.807, 2.05) is 0 Å². The van der Waals surface area contributed by atoms with Crippen LogP contribution in [0.3, 0.4) is 0 Å². The molecule has 108 valence electrons. The van der Waals surface area contributed by atoms with Crippen molar-refractivity contribution in [2.75, 3.05) is 0 Å². The molecule has 0 aliphatic heterocycles. The first kappa shape index (κ1) is 17.7. The first-order valence-corrected chi connectivity index (χ1v) is 7.76. The molecule has 0 spiro atoms. The van der Waals surface area contributed by atoms with E-state index >= 15 is 0 Å². The molecule has 0 saturated carbocycles. The second-order valence-corrected chi connectivity index (χ2v) is 7.40. The molecule has 0 aromatic carbocycles. The third kappa shape index (κ3) is 4.44. The summed E-state index contributed by atoms with van der Waals surface area (Å²) in [5, 5.41) is 0. The molecule has 0 aromatic rings. The van der Waals surface area contributed by atoms with Gasteiger partial charge in [0.15, 0.2) is 0 Å². The molecule has 0 heteroatoms. The summed E-state index contributed by atoms with van der Waals surface area (Å²) in [6, 6.07) is 0. The SMILES string of the molecule is C=C(C)C(C(C)C(C)C)C(C(C)C)C(C)C(C)C. The number of hydrogen-bond donors (Lipinski definition) is 0. The van der Waals surface area contributed by atoms with Crippen LogP contribution in [0.4, 0.5) is 0 Å². The Labute approximate surface area is 116 Å². The standard InChI is InChI=1S/C18H36/c1-11(2)15(9)17(13(5)6)18(14(7)8)16(10)12(3)4/h11-12,14-18H,5H2,1-4,6-10H3. The molecule has 0 aromatic heterocycles. The number of rotatable bonds is 7. The van der Waals surface area contributed by atoms with Crippen LogP contribution in [0, 0.1) is 41.4 Å². The third-order valence-electron chi connectivity index (χ3n) is 5.03. The van der Waals surface area contributed by atoms with Crippen LogP contribution in [0.1, 0.15) is 62.3 Å². The summed E-state index contributed by atoms with van der Waals surface area (Å²) in [5.41, 5.74) is 1.38. The van der Waals surface area contributed by atoms with E-state index in [0.29, 0.717) is 5.92 Å². The Morgan fingerprint density at radius 2 is 1.06 bits per heavy atom. The van der Waals surface area contributed by atoms with Gasteiger partial charge in [0.1, 0.15) is 0 Å². The van der Waals surface area contributed by atoms with Crippen molar-refractivity contribution in [1.82, 2.24) is 0 Å². The Bertz CT molecular complexity index is 247. The first-order valence-electron chi connectivity index (χ1n) is 7.76. The summed E-state index contributed by atoms with van der Waals surface area (Å²) >= 11 is 0. The maximum Gasteiger partial charge on any atom is -0.0147 e. The maximum atomic E-state index is 4.30. The molecule has 0 aliphatic rings. The van der Waals surface area contributed by atoms with Crippen molar-refractivity contribution < 1.29 is 0 Å². The highest BCUT2D eigenvalue weighted by molar-refractivity contribution is 5.03. The highest BCUT2D eigenvalue weighted by atomic mass is 14.4. The van der Waals surface area contributed by atoms with Gasteiger partial charge in [0.25, 0.3) is 0 Å². The number of hydrogen-bond acceptors (Lipinski definition) is 0. The zero-order valence-corrected chi connectivity index (χ0v) is 14.2. The van der Waals surface area contributed by atoms with Gasteiger partial charge in [0, 0.05) is 0 Å². The normalized spacial score (nSPS) is 19.1. The highest BCUT2D eigenvalue weighted by Gasteiger charge is 2.35. The van der Waals surface area contributed by atoms with Crippen molar-refractivity contribution >= 4 is 0 Å². The van der Waals surface area contributed by atoms with Crippen LogP contribution >= 0.6 is 0 Å². The second kappa shape index (κ2) is 7.36. The summed E-state index contributed by atoms with van der Waals surface area (Å²) < 4.78 is 0. The molecule has 4 unspecified atom stereocenters. The fourth-order valence-electron chi connectivity index (χ4n) is 3.34. The Hall–Kier alpha value is -0.260. The van der Waals surface area contributed by atoms with E-state index < -0.39 is 0 Å². The van der Waals surface area contributed by atoms with Gasteiger partial charge in [-0.3, -0.25) is 0 Å². The lowest BCUT2D eigenvalue weighted by Crippen LogP contribution is -2.35. The smallest absolute Gasteiger partial charge is 0.0147 e. The molecule has 4 atom stereocenters. The zero-order valence-electron chi connectivity index (χ0n) is 14.2. The van der Waals surface area contributed by atoms with Gasteiger partial charge < -0.3 is 0 Å². The van der Waals surface area contributed by atoms with Gasteiger partial charge in [0.2, 0.25) is 0 Å². The summed E-state index contributed by atoms with van der Waals surface area (Å²) in [6.07, 6.45) is 0. The van der Waals surface area contributed by atoms with Gasteiger partial charge >= 0.3 is 0 Å². The Morgan fingerprint density at radius 3 is 1.28 bits per heavy atom. The lowest BCUT2D eigenvalue weighted by atomic mass is 9.63. The van der Waals surface area contributed by atoms with Crippen LogP contribution < -0.4 is 0 Å². The van der Waals surface area contributed by atoms with Crippen LogP contribution in [0.5, 0.6) is 0 Å². The topological polar surface area (TPSA) is 0 Å². The van der Waals surface area contributed by atoms with Crippen LogP contribution in [0.15, 0.2) is 12.2 Å². The van der Waals surface area contributed by atoms with Crippen LogP contribution in [-0.4, -0.2) is 0 Å². The fraction of sp³-hybridized carbons (Fsp3) is 0.889. The lowest BCUT2D eigenvalue weighted by Gasteiger charge is -2.41. The fourth-order valence-corrected chi connectivity index (χ4v) is 3.34. The van der Waals surface area contributed by atoms with E-state index in [9.17, 15) is 0 Å². The van der Waals surface area contributed by atoms with E-state index in [0.717, 1.165) is 35.5 Å². The third-order valence-corrected chi connectivity index (χ3v) is 5.03. The minimum Gasteiger partial charge on any atom is -0.0998 e. The van der Waals surface area contributed by atoms with Crippen LogP contribution in [0.2, 0.25) is 0 Å². The van der Waals surface area contributed by atoms with Gasteiger partial charge in [-0.1, -0.05) is 67.5 Å². The number of allylic oxidation sites excluding steroid dienone is 1. The maximum absolute atomic E-state index is 4.30. The quantitative estimate of drug-likeness (QED) is 0.485. The molecule has 0 aliphatic carbocycles. The van der Waals surface area contributed by atoms with Crippen molar-refractivity contribution in [2.45, 2.75) is 62.3 Å². The van der Waals surface area contributed by atoms with Gasteiger partial charge in [0.05, 0.1) is 0 Å². The molecule has 0 amide bonds. The van der Waals surface area contributed by atoms with E-state index in [1.165, 1.54) is 5.57 Å². The zero-order chi connectivity index (χ0) is 14.6. The molecule has 0 radical (unpaired) electrons. The van der Waals surface area contributed by atoms with Crippen molar-refractivity contribution in [3.05, 3.63) is 12.2 Å². The second-order valence-electron chi connectivity index (χ2n) is 7.40. The molecule has 0 rings (SSSR count). The largest absolute Gasteiger partial charge is 0.0998 e. The van der Waals surface area contributed by atoms with Crippen molar-refractivity contribution in [3.63, 3.8) is 0 Å². The van der Waals surface area contributed by atoms with Crippen molar-refractivity contribution in [1.29, 1.82) is 0 Å². The van der Waals surface area contributed by atoms with Crippen LogP contribution in [0.25, 0.3) is 0 Å². The van der Waals surface area contributed by atoms with E-state index in [-0.39, 0.29) is 0 Å². The highest BCUT2D eigenvalue weighted by Crippen LogP contribution is 2.42. The summed E-state index contributed by atoms with van der Waals surface area (Å²) in [4.78, 5) is 0. The van der Waals surface area contributed by atoms with Gasteiger partial charge in [-0.15, -0.1) is 0 Å². The average Bonchev–Trinajstić information content (AvgIpc) is 2.22. The molecular formula is C18H36. The summed E-state index contributed by atoms with van der Waals surface area (Å²) in [6.45, 7) is 25.5. The molecular weight excluding hydrogens is 216 g/mol. The van der Waals surface area contributed by atoms with Gasteiger partial charge in [-0.25, -0.2) is 0 Å². The van der Waals surface area contributed by atoms with Gasteiger partial charge in [-0.05, 0) is 48.3 Å². The molecule has 0 saturated heterocycles. The summed E-state index contributed by atoms with van der Waals surface area (Å²) in [7, 11) is 0. The monoisotopic (exact) mass is 252 g/mol. The summed E-state index contributed by atoms with van der Waals surface area (Å²) in [5.74, 6) is 5.09. The average molecular weight is 252 g/mol. The van der Waals surface area contributed by atoms with E-state index in [1.54, 1.807) is 0 Å². The van der Waals surface area contributed by atoms with Crippen molar-refractivity contribution in [3.8, 4) is 0 Å². The van der Waals surface area contributed by atoms with E-state index in [4.69, 9.17) is 0 Å². The molecule has 0 bridgehead atoms. The van der Waals surface area contributed by atoms with Crippen molar-refractivity contribution in [2.24, 2.45) is 41.4 Å². The molecule has 0 N–H and O–H groups in total. The Balaban J connectivity index is 5.31. The molecule has 0 fully saturated rings. The Kier molecular flexibility index (Phi) is 7.25. The predicted octanol–water partition coefficient (Wildman–Crippen LogP) is 6.04. The van der Waals surface area contributed by atoms with Crippen LogP contribution in [-0.2, 0) is 0 Å². The molecule has 0 nitrogen and oxygen atoms in total. The van der Waals surface area contributed by atoms with Gasteiger partial charge in [-0.2, -0.15) is 0 Å². The van der Waals surface area contributed by atoms with E-state index in [2.05, 4.69) is 68.9 Å². The molecule has 0 heterocycles. The predicted molar refractivity (Wildman–Crippen MR) is 84.6 cm³/mol. The molecule has 18 heavy (non-hydrogen) atoms. The first-order chi connectivity index (χ1) is 8.11.